The Labute approximate surface area is 133 Å². The van der Waals surface area contributed by atoms with Crippen LogP contribution in [0.2, 0.25) is 0 Å². The van der Waals surface area contributed by atoms with E-state index in [0.29, 0.717) is 17.8 Å². The standard InChI is InChI=1S/C14H12BrNO2S2/c15-10-7-12(19-9-10)8-16-14(18)13-5-4-11(20-13)3-1-2-6-17/h4-5,7,9,17H,2,6,8H2,(H,16,18). The van der Waals surface area contributed by atoms with Crippen LogP contribution in [0.4, 0.5) is 0 Å². The van der Waals surface area contributed by atoms with E-state index in [4.69, 9.17) is 5.11 Å². The van der Waals surface area contributed by atoms with E-state index in [-0.39, 0.29) is 12.5 Å². The number of hydrogen-bond donors (Lipinski definition) is 2. The maximum Gasteiger partial charge on any atom is 0.261 e. The first-order valence-electron chi connectivity index (χ1n) is 5.89. The zero-order valence-corrected chi connectivity index (χ0v) is 13.7. The molecule has 2 aromatic rings. The third kappa shape index (κ3) is 4.46. The molecule has 0 saturated carbocycles. The first-order valence-corrected chi connectivity index (χ1v) is 8.38. The Bertz CT molecular complexity index is 651. The monoisotopic (exact) mass is 369 g/mol. The molecule has 0 bridgehead atoms. The highest BCUT2D eigenvalue weighted by Crippen LogP contribution is 2.20. The van der Waals surface area contributed by atoms with Gasteiger partial charge in [0.05, 0.1) is 22.9 Å². The van der Waals surface area contributed by atoms with Crippen LogP contribution in [-0.2, 0) is 6.54 Å². The van der Waals surface area contributed by atoms with Gasteiger partial charge >= 0.3 is 0 Å². The second-order valence-electron chi connectivity index (χ2n) is 3.85. The molecule has 2 heterocycles. The van der Waals surface area contributed by atoms with E-state index >= 15 is 0 Å². The van der Waals surface area contributed by atoms with Crippen molar-refractivity contribution in [3.05, 3.63) is 42.7 Å². The molecule has 2 aromatic heterocycles. The number of amides is 1. The second-order valence-corrected chi connectivity index (χ2v) is 6.85. The van der Waals surface area contributed by atoms with E-state index in [1.165, 1.54) is 11.3 Å². The Morgan fingerprint density at radius 2 is 2.30 bits per heavy atom. The van der Waals surface area contributed by atoms with Crippen molar-refractivity contribution in [2.45, 2.75) is 13.0 Å². The van der Waals surface area contributed by atoms with Gasteiger partial charge in [0, 0.05) is 21.2 Å². The number of rotatable bonds is 4. The largest absolute Gasteiger partial charge is 0.395 e. The zero-order chi connectivity index (χ0) is 14.4. The van der Waals surface area contributed by atoms with Gasteiger partial charge in [0.15, 0.2) is 0 Å². The molecule has 2 N–H and O–H groups in total. The lowest BCUT2D eigenvalue weighted by atomic mass is 10.3. The summed E-state index contributed by atoms with van der Waals surface area (Å²) in [6.45, 7) is 0.584. The second kappa shape index (κ2) is 7.60. The Morgan fingerprint density at radius 3 is 3.00 bits per heavy atom. The van der Waals surface area contributed by atoms with Gasteiger partial charge in [-0.05, 0) is 34.1 Å². The van der Waals surface area contributed by atoms with Crippen LogP contribution in [0.5, 0.6) is 0 Å². The van der Waals surface area contributed by atoms with Gasteiger partial charge in [-0.15, -0.1) is 22.7 Å². The molecule has 1 amide bonds. The lowest BCUT2D eigenvalue weighted by Crippen LogP contribution is -2.21. The molecular formula is C14H12BrNO2S2. The predicted molar refractivity (Wildman–Crippen MR) is 86.1 cm³/mol. The highest BCUT2D eigenvalue weighted by atomic mass is 79.9. The van der Waals surface area contributed by atoms with E-state index in [9.17, 15) is 4.79 Å². The fourth-order valence-corrected chi connectivity index (χ4v) is 3.62. The molecule has 0 aliphatic carbocycles. The van der Waals surface area contributed by atoms with E-state index in [1.54, 1.807) is 17.4 Å². The van der Waals surface area contributed by atoms with Crippen LogP contribution >= 0.6 is 38.6 Å². The number of aliphatic hydroxyl groups is 1. The molecule has 0 spiro atoms. The quantitative estimate of drug-likeness (QED) is 0.812. The van der Waals surface area contributed by atoms with Crippen molar-refractivity contribution in [2.24, 2.45) is 0 Å². The normalized spacial score (nSPS) is 9.90. The van der Waals surface area contributed by atoms with Gasteiger partial charge < -0.3 is 10.4 Å². The van der Waals surface area contributed by atoms with Crippen molar-refractivity contribution in [3.8, 4) is 11.8 Å². The molecule has 0 unspecified atom stereocenters. The van der Waals surface area contributed by atoms with Crippen molar-refractivity contribution in [1.29, 1.82) is 0 Å². The summed E-state index contributed by atoms with van der Waals surface area (Å²) in [5.41, 5.74) is 0. The topological polar surface area (TPSA) is 49.3 Å². The van der Waals surface area contributed by atoms with Gasteiger partial charge in [-0.1, -0.05) is 11.8 Å². The Balaban J connectivity index is 1.91. The summed E-state index contributed by atoms with van der Waals surface area (Å²) in [5.74, 6) is 5.67. The van der Waals surface area contributed by atoms with Gasteiger partial charge in [0.1, 0.15) is 0 Å². The van der Waals surface area contributed by atoms with Gasteiger partial charge in [-0.25, -0.2) is 0 Å². The highest BCUT2D eigenvalue weighted by molar-refractivity contribution is 9.10. The van der Waals surface area contributed by atoms with E-state index in [2.05, 4.69) is 33.1 Å². The third-order valence-corrected chi connectivity index (χ3v) is 5.02. The number of halogens is 1. The molecule has 3 nitrogen and oxygen atoms in total. The molecule has 2 rings (SSSR count). The zero-order valence-electron chi connectivity index (χ0n) is 10.5. The molecular weight excluding hydrogens is 358 g/mol. The van der Waals surface area contributed by atoms with Crippen LogP contribution < -0.4 is 5.32 Å². The smallest absolute Gasteiger partial charge is 0.261 e. The molecule has 0 atom stereocenters. The SMILES string of the molecule is O=C(NCc1cc(Br)cs1)c1ccc(C#CCCO)s1. The lowest BCUT2D eigenvalue weighted by Gasteiger charge is -2.00. The Morgan fingerprint density at radius 1 is 1.45 bits per heavy atom. The van der Waals surface area contributed by atoms with Crippen molar-refractivity contribution in [1.82, 2.24) is 5.32 Å². The third-order valence-electron chi connectivity index (χ3n) is 2.32. The number of nitrogens with one attached hydrogen (secondary N) is 1. The summed E-state index contributed by atoms with van der Waals surface area (Å²) >= 11 is 6.34. The summed E-state index contributed by atoms with van der Waals surface area (Å²) in [6.07, 6.45) is 0.451. The summed E-state index contributed by atoms with van der Waals surface area (Å²) in [6, 6.07) is 5.59. The summed E-state index contributed by atoms with van der Waals surface area (Å²) in [4.78, 5) is 14.6. The molecule has 6 heteroatoms. The number of thiophene rings is 2. The van der Waals surface area contributed by atoms with Crippen LogP contribution in [0.1, 0.15) is 25.8 Å². The summed E-state index contributed by atoms with van der Waals surface area (Å²) in [5, 5.41) is 13.5. The van der Waals surface area contributed by atoms with Gasteiger partial charge in [-0.2, -0.15) is 0 Å². The van der Waals surface area contributed by atoms with E-state index in [0.717, 1.165) is 14.2 Å². The van der Waals surface area contributed by atoms with Crippen LogP contribution in [0.3, 0.4) is 0 Å². The molecule has 0 fully saturated rings. The first kappa shape index (κ1) is 15.3. The minimum Gasteiger partial charge on any atom is -0.395 e. The number of carbonyl (C=O) groups excluding carboxylic acids is 1. The minimum absolute atomic E-state index is 0.0576. The molecule has 0 aliphatic rings. The van der Waals surface area contributed by atoms with Gasteiger partial charge in [-0.3, -0.25) is 4.79 Å². The van der Waals surface area contributed by atoms with Crippen molar-refractivity contribution >= 4 is 44.5 Å². The van der Waals surface area contributed by atoms with Crippen LogP contribution in [0.15, 0.2) is 28.1 Å². The number of carbonyl (C=O) groups is 1. The van der Waals surface area contributed by atoms with Gasteiger partial charge in [0.25, 0.3) is 5.91 Å². The van der Waals surface area contributed by atoms with Gasteiger partial charge in [0.2, 0.25) is 0 Å². The molecule has 20 heavy (non-hydrogen) atoms. The van der Waals surface area contributed by atoms with Crippen LogP contribution in [0.25, 0.3) is 0 Å². The number of hydrogen-bond acceptors (Lipinski definition) is 4. The van der Waals surface area contributed by atoms with Crippen LogP contribution in [-0.4, -0.2) is 17.6 Å². The fraction of sp³-hybridized carbons (Fsp3) is 0.214. The van der Waals surface area contributed by atoms with Crippen molar-refractivity contribution in [3.63, 3.8) is 0 Å². The average Bonchev–Trinajstić information content (AvgIpc) is 3.06. The molecule has 0 saturated heterocycles. The van der Waals surface area contributed by atoms with Crippen molar-refractivity contribution < 1.29 is 9.90 Å². The summed E-state index contributed by atoms with van der Waals surface area (Å²) in [7, 11) is 0. The first-order chi connectivity index (χ1) is 9.69. The maximum atomic E-state index is 12.0. The fourth-order valence-electron chi connectivity index (χ4n) is 1.43. The maximum absolute atomic E-state index is 12.0. The highest BCUT2D eigenvalue weighted by Gasteiger charge is 2.08. The molecule has 0 aromatic carbocycles. The Kier molecular flexibility index (Phi) is 5.80. The van der Waals surface area contributed by atoms with Crippen molar-refractivity contribution in [2.75, 3.05) is 6.61 Å². The average molecular weight is 370 g/mol. The molecule has 104 valence electrons. The van der Waals surface area contributed by atoms with E-state index < -0.39 is 0 Å². The van der Waals surface area contributed by atoms with E-state index in [1.807, 2.05) is 17.5 Å². The Hall–Kier alpha value is -1.13. The molecule has 0 radical (unpaired) electrons. The summed E-state index contributed by atoms with van der Waals surface area (Å²) < 4.78 is 1.03. The molecule has 0 aliphatic heterocycles. The minimum atomic E-state index is -0.0882. The lowest BCUT2D eigenvalue weighted by molar-refractivity contribution is 0.0955. The number of aliphatic hydroxyl groups excluding tert-OH is 1. The predicted octanol–water partition coefficient (Wildman–Crippen LogP) is 3.24. The van der Waals surface area contributed by atoms with Crippen LogP contribution in [0, 0.1) is 11.8 Å².